The van der Waals surface area contributed by atoms with E-state index in [4.69, 9.17) is 5.73 Å². The highest BCUT2D eigenvalue weighted by atomic mass is 79.9. The second kappa shape index (κ2) is 5.58. The number of hydrogen-bond acceptors (Lipinski definition) is 5. The Balaban J connectivity index is 2.33. The van der Waals surface area contributed by atoms with Crippen LogP contribution < -0.4 is 5.73 Å². The molecule has 20 heavy (non-hydrogen) atoms. The minimum absolute atomic E-state index is 0.0443. The Bertz CT molecular complexity index is 653. The molecule has 7 nitrogen and oxygen atoms in total. The molecule has 2 rings (SSSR count). The smallest absolute Gasteiger partial charge is 0.270 e. The van der Waals surface area contributed by atoms with Crippen LogP contribution in [0.1, 0.15) is 31.0 Å². The minimum atomic E-state index is -0.429. The van der Waals surface area contributed by atoms with Gasteiger partial charge in [0.15, 0.2) is 5.82 Å². The molecule has 1 aromatic carbocycles. The summed E-state index contributed by atoms with van der Waals surface area (Å²) in [6, 6.07) is 4.64. The Morgan fingerprint density at radius 3 is 2.75 bits per heavy atom. The first kappa shape index (κ1) is 14.4. The van der Waals surface area contributed by atoms with Gasteiger partial charge in [-0.25, -0.2) is 4.68 Å². The quantitative estimate of drug-likeness (QED) is 0.681. The fourth-order valence-electron chi connectivity index (χ4n) is 1.98. The van der Waals surface area contributed by atoms with Crippen LogP contribution in [0.25, 0.3) is 0 Å². The second-order valence-corrected chi connectivity index (χ2v) is 5.56. The van der Waals surface area contributed by atoms with E-state index in [0.717, 1.165) is 11.3 Å². The van der Waals surface area contributed by atoms with Gasteiger partial charge in [0.2, 0.25) is 0 Å². The van der Waals surface area contributed by atoms with E-state index < -0.39 is 4.92 Å². The van der Waals surface area contributed by atoms with Crippen molar-refractivity contribution in [1.29, 1.82) is 0 Å². The third-order valence-electron chi connectivity index (χ3n) is 2.92. The maximum Gasteiger partial charge on any atom is 0.270 e. The predicted octanol–water partition coefficient (Wildman–Crippen LogP) is 2.70. The van der Waals surface area contributed by atoms with Crippen LogP contribution in [0.2, 0.25) is 0 Å². The van der Waals surface area contributed by atoms with Crippen molar-refractivity contribution >= 4 is 27.4 Å². The minimum Gasteiger partial charge on any atom is -0.381 e. The van der Waals surface area contributed by atoms with E-state index >= 15 is 0 Å². The highest BCUT2D eigenvalue weighted by molar-refractivity contribution is 9.10. The Hall–Kier alpha value is -1.96. The summed E-state index contributed by atoms with van der Waals surface area (Å²) >= 11 is 3.34. The van der Waals surface area contributed by atoms with Crippen LogP contribution in [-0.2, 0) is 6.54 Å². The Labute approximate surface area is 124 Å². The van der Waals surface area contributed by atoms with Crippen molar-refractivity contribution in [1.82, 2.24) is 15.0 Å². The maximum absolute atomic E-state index is 10.7. The highest BCUT2D eigenvalue weighted by Crippen LogP contribution is 2.26. The number of aromatic nitrogens is 3. The number of halogens is 1. The van der Waals surface area contributed by atoms with Gasteiger partial charge in [0.1, 0.15) is 0 Å². The molecule has 8 heteroatoms. The molecular weight excluding hydrogens is 326 g/mol. The van der Waals surface area contributed by atoms with E-state index in [1.54, 1.807) is 10.7 Å². The van der Waals surface area contributed by atoms with Gasteiger partial charge >= 0.3 is 0 Å². The molecule has 0 bridgehead atoms. The Morgan fingerprint density at radius 2 is 2.20 bits per heavy atom. The first-order valence-corrected chi connectivity index (χ1v) is 6.81. The summed E-state index contributed by atoms with van der Waals surface area (Å²) < 4.78 is 2.38. The first-order chi connectivity index (χ1) is 9.40. The van der Waals surface area contributed by atoms with Gasteiger partial charge in [-0.1, -0.05) is 35.0 Å². The monoisotopic (exact) mass is 339 g/mol. The number of rotatable bonds is 4. The average Bonchev–Trinajstić information content (AvgIpc) is 2.72. The van der Waals surface area contributed by atoms with Crippen LogP contribution in [0, 0.1) is 10.1 Å². The fraction of sp³-hybridized carbons (Fsp3) is 0.333. The van der Waals surface area contributed by atoms with Crippen molar-refractivity contribution in [3.8, 4) is 0 Å². The third-order valence-corrected chi connectivity index (χ3v) is 3.65. The van der Waals surface area contributed by atoms with E-state index in [-0.39, 0.29) is 11.6 Å². The van der Waals surface area contributed by atoms with Gasteiger partial charge in [-0.05, 0) is 17.5 Å². The number of nitrogens with zero attached hydrogens (tertiary/aromatic N) is 4. The van der Waals surface area contributed by atoms with E-state index in [0.29, 0.717) is 16.8 Å². The summed E-state index contributed by atoms with van der Waals surface area (Å²) in [6.45, 7) is 4.48. The van der Waals surface area contributed by atoms with E-state index in [1.807, 2.05) is 13.8 Å². The van der Waals surface area contributed by atoms with Crippen LogP contribution in [0.15, 0.2) is 22.7 Å². The molecular formula is C12H14BrN5O2. The zero-order valence-electron chi connectivity index (χ0n) is 11.1. The summed E-state index contributed by atoms with van der Waals surface area (Å²) in [6.07, 6.45) is 0. The zero-order valence-corrected chi connectivity index (χ0v) is 12.7. The molecule has 2 aromatic rings. The molecule has 0 saturated heterocycles. The lowest BCUT2D eigenvalue weighted by Gasteiger charge is -2.10. The van der Waals surface area contributed by atoms with E-state index in [2.05, 4.69) is 26.2 Å². The number of anilines is 1. The van der Waals surface area contributed by atoms with Crippen molar-refractivity contribution in [3.63, 3.8) is 0 Å². The van der Waals surface area contributed by atoms with Gasteiger partial charge < -0.3 is 5.73 Å². The molecule has 2 N–H and O–H groups in total. The van der Waals surface area contributed by atoms with Crippen LogP contribution in [0.4, 0.5) is 11.5 Å². The third kappa shape index (κ3) is 2.79. The van der Waals surface area contributed by atoms with Gasteiger partial charge in [-0.15, -0.1) is 5.10 Å². The molecule has 1 aromatic heterocycles. The Morgan fingerprint density at radius 1 is 1.50 bits per heavy atom. The molecule has 0 aliphatic heterocycles. The molecule has 0 aliphatic carbocycles. The lowest BCUT2D eigenvalue weighted by atomic mass is 10.1. The lowest BCUT2D eigenvalue weighted by molar-refractivity contribution is -0.384. The summed E-state index contributed by atoms with van der Waals surface area (Å²) in [4.78, 5) is 10.3. The normalized spacial score (nSPS) is 11.0. The first-order valence-electron chi connectivity index (χ1n) is 6.01. The van der Waals surface area contributed by atoms with Crippen molar-refractivity contribution in [2.24, 2.45) is 0 Å². The highest BCUT2D eigenvalue weighted by Gasteiger charge is 2.16. The maximum atomic E-state index is 10.7. The summed E-state index contributed by atoms with van der Waals surface area (Å²) in [5.41, 5.74) is 7.58. The number of nitro groups is 1. The fourth-order valence-corrected chi connectivity index (χ4v) is 2.48. The molecule has 1 heterocycles. The number of hydrogen-bond donors (Lipinski definition) is 1. The van der Waals surface area contributed by atoms with Gasteiger partial charge in [-0.3, -0.25) is 10.1 Å². The van der Waals surface area contributed by atoms with Crippen LogP contribution in [0.5, 0.6) is 0 Å². The molecule has 106 valence electrons. The summed E-state index contributed by atoms with van der Waals surface area (Å²) in [7, 11) is 0. The largest absolute Gasteiger partial charge is 0.381 e. The standard InChI is InChI=1S/C12H14BrN5O2/c1-7(2)11-12(14)15-16-17(11)6-8-3-4-9(18(19)20)5-10(8)13/h3-5,7H,6,14H2,1-2H3. The predicted molar refractivity (Wildman–Crippen MR) is 78.4 cm³/mol. The molecule has 0 spiro atoms. The average molecular weight is 340 g/mol. The van der Waals surface area contributed by atoms with E-state index in [9.17, 15) is 10.1 Å². The van der Waals surface area contributed by atoms with Crippen LogP contribution in [-0.4, -0.2) is 19.9 Å². The van der Waals surface area contributed by atoms with Gasteiger partial charge in [0.05, 0.1) is 17.2 Å². The molecule has 0 aliphatic rings. The number of nitrogen functional groups attached to an aromatic ring is 1. The van der Waals surface area contributed by atoms with Crippen molar-refractivity contribution < 1.29 is 4.92 Å². The topological polar surface area (TPSA) is 99.9 Å². The molecule has 0 saturated carbocycles. The molecule has 0 radical (unpaired) electrons. The molecule has 0 unspecified atom stereocenters. The SMILES string of the molecule is CC(C)c1c(N)nnn1Cc1ccc([N+](=O)[O-])cc1Br. The molecule has 0 amide bonds. The number of nitro benzene ring substituents is 1. The summed E-state index contributed by atoms with van der Waals surface area (Å²) in [5.74, 6) is 0.611. The molecule has 0 fully saturated rings. The number of benzene rings is 1. The molecule has 0 atom stereocenters. The van der Waals surface area contributed by atoms with Crippen molar-refractivity contribution in [2.45, 2.75) is 26.3 Å². The zero-order chi connectivity index (χ0) is 14.9. The van der Waals surface area contributed by atoms with Gasteiger partial charge in [0, 0.05) is 16.6 Å². The van der Waals surface area contributed by atoms with E-state index in [1.165, 1.54) is 12.1 Å². The van der Waals surface area contributed by atoms with Gasteiger partial charge in [-0.2, -0.15) is 0 Å². The summed E-state index contributed by atoms with van der Waals surface area (Å²) in [5, 5.41) is 18.6. The number of nitrogens with two attached hydrogens (primary N) is 1. The van der Waals surface area contributed by atoms with Crippen LogP contribution in [0.3, 0.4) is 0 Å². The number of non-ortho nitro benzene ring substituents is 1. The van der Waals surface area contributed by atoms with Gasteiger partial charge in [0.25, 0.3) is 5.69 Å². The van der Waals surface area contributed by atoms with Crippen molar-refractivity contribution in [2.75, 3.05) is 5.73 Å². The Kier molecular flexibility index (Phi) is 4.03. The van der Waals surface area contributed by atoms with Crippen LogP contribution >= 0.6 is 15.9 Å². The second-order valence-electron chi connectivity index (χ2n) is 4.71. The van der Waals surface area contributed by atoms with Crippen molar-refractivity contribution in [3.05, 3.63) is 44.0 Å². The lowest BCUT2D eigenvalue weighted by Crippen LogP contribution is -2.09.